The molecule has 0 aliphatic rings. The number of imidazole rings is 1. The number of fused-ring (bicyclic) bond motifs is 2. The minimum Gasteiger partial charge on any atom is -0.278 e. The zero-order chi connectivity index (χ0) is 15.3. The smallest absolute Gasteiger partial charge is 0.278 e. The monoisotopic (exact) mass is 433 g/mol. The largest absolute Gasteiger partial charge is 0.280 e. The number of aromatic amines is 1. The number of hydrogen-bond acceptors (Lipinski definition) is 5. The van der Waals surface area contributed by atoms with Gasteiger partial charge in [-0.2, -0.15) is 13.5 Å². The zero-order valence-electron chi connectivity index (χ0n) is 11.2. The summed E-state index contributed by atoms with van der Waals surface area (Å²) in [6.45, 7) is 0. The van der Waals surface area contributed by atoms with E-state index in [1.54, 1.807) is 36.0 Å². The third-order valence-corrected chi connectivity index (χ3v) is 6.10. The molecule has 0 radical (unpaired) electrons. The Morgan fingerprint density at radius 1 is 1.35 bits per heavy atom. The van der Waals surface area contributed by atoms with Gasteiger partial charge in [0, 0.05) is 22.7 Å². The second-order valence-electron chi connectivity index (χ2n) is 4.54. The Hall–Kier alpha value is -1.62. The van der Waals surface area contributed by atoms with Crippen molar-refractivity contribution in [1.82, 2.24) is 19.6 Å². The number of benzene rings is 1. The van der Waals surface area contributed by atoms with Crippen LogP contribution in [0.5, 0.6) is 0 Å². The van der Waals surface area contributed by atoms with E-state index in [9.17, 15) is 8.42 Å². The Balaban J connectivity index is 0.00000156. The number of halogens is 2. The normalized spacial score (nSPS) is 11.7. The number of rotatable bonds is 3. The van der Waals surface area contributed by atoms with Crippen LogP contribution in [0, 0.1) is 0 Å². The number of H-pyrrole nitrogens is 1. The molecule has 0 bridgehead atoms. The molecule has 4 aromatic rings. The van der Waals surface area contributed by atoms with Crippen molar-refractivity contribution >= 4 is 71.2 Å². The quantitative estimate of drug-likeness (QED) is 0.518. The zero-order valence-corrected chi connectivity index (χ0v) is 15.3. The summed E-state index contributed by atoms with van der Waals surface area (Å²) in [6, 6.07) is 5.17. The van der Waals surface area contributed by atoms with Gasteiger partial charge >= 0.3 is 0 Å². The van der Waals surface area contributed by atoms with Crippen LogP contribution in [0.15, 0.2) is 45.6 Å². The molecule has 0 fully saturated rings. The van der Waals surface area contributed by atoms with E-state index < -0.39 is 10.0 Å². The van der Waals surface area contributed by atoms with Crippen LogP contribution >= 0.6 is 39.7 Å². The SMILES string of the molecule is Cl.O=S(=O)(Nc1ccc2[nH]ncc2c1)c1c(Br)nc2sccn12. The summed E-state index contributed by atoms with van der Waals surface area (Å²) in [5.74, 6) is 0. The highest BCUT2D eigenvalue weighted by molar-refractivity contribution is 9.10. The number of nitrogens with zero attached hydrogens (tertiary/aromatic N) is 3. The van der Waals surface area contributed by atoms with Gasteiger partial charge in [-0.25, -0.2) is 4.98 Å². The van der Waals surface area contributed by atoms with Gasteiger partial charge in [0.1, 0.15) is 4.60 Å². The Morgan fingerprint density at radius 2 is 2.17 bits per heavy atom. The number of nitrogens with one attached hydrogen (secondary N) is 2. The molecule has 0 atom stereocenters. The second kappa shape index (κ2) is 5.78. The fourth-order valence-corrected chi connectivity index (χ4v) is 5.28. The van der Waals surface area contributed by atoms with Crippen molar-refractivity contribution in [2.24, 2.45) is 0 Å². The van der Waals surface area contributed by atoms with Gasteiger partial charge in [0.25, 0.3) is 10.0 Å². The Morgan fingerprint density at radius 3 is 3.00 bits per heavy atom. The van der Waals surface area contributed by atoms with Crippen molar-refractivity contribution in [3.63, 3.8) is 0 Å². The van der Waals surface area contributed by atoms with Crippen LogP contribution in [0.2, 0.25) is 0 Å². The molecule has 0 amide bonds. The molecule has 23 heavy (non-hydrogen) atoms. The highest BCUT2D eigenvalue weighted by Crippen LogP contribution is 2.28. The van der Waals surface area contributed by atoms with Gasteiger partial charge in [-0.1, -0.05) is 0 Å². The van der Waals surface area contributed by atoms with Crippen molar-refractivity contribution in [3.8, 4) is 0 Å². The van der Waals surface area contributed by atoms with Crippen molar-refractivity contribution < 1.29 is 8.42 Å². The number of anilines is 1. The molecule has 1 aromatic carbocycles. The van der Waals surface area contributed by atoms with Gasteiger partial charge in [-0.3, -0.25) is 14.2 Å². The van der Waals surface area contributed by atoms with Gasteiger partial charge in [-0.15, -0.1) is 23.7 Å². The van der Waals surface area contributed by atoms with Gasteiger partial charge < -0.3 is 0 Å². The van der Waals surface area contributed by atoms with E-state index in [0.29, 0.717) is 10.6 Å². The maximum atomic E-state index is 12.6. The van der Waals surface area contributed by atoms with Crippen LogP contribution in [0.3, 0.4) is 0 Å². The number of thiazole rings is 1. The highest BCUT2D eigenvalue weighted by atomic mass is 79.9. The summed E-state index contributed by atoms with van der Waals surface area (Å²) >= 11 is 4.58. The molecule has 3 aromatic heterocycles. The van der Waals surface area contributed by atoms with E-state index in [1.165, 1.54) is 15.7 Å². The molecular formula is C12H9BrClN5O2S2. The summed E-state index contributed by atoms with van der Waals surface area (Å²) < 4.78 is 29.7. The van der Waals surface area contributed by atoms with E-state index >= 15 is 0 Å². The Labute approximate surface area is 149 Å². The van der Waals surface area contributed by atoms with Crippen molar-refractivity contribution in [1.29, 1.82) is 0 Å². The molecule has 0 spiro atoms. The standard InChI is InChI=1S/C12H8BrN5O2S2.ClH/c13-10-11(18-3-4-21-12(18)15-10)22(19,20)17-8-1-2-9-7(5-8)6-14-16-9;/h1-6,17H,(H,14,16);1H. The minimum atomic E-state index is -3.77. The average molecular weight is 435 g/mol. The predicted octanol–water partition coefficient (Wildman–Crippen LogP) is 3.26. The first-order valence-corrected chi connectivity index (χ1v) is 9.27. The average Bonchev–Trinajstić information content (AvgIpc) is 3.11. The fraction of sp³-hybridized carbons (Fsp3) is 0. The van der Waals surface area contributed by atoms with Crippen LogP contribution in [0.25, 0.3) is 15.9 Å². The van der Waals surface area contributed by atoms with E-state index in [2.05, 4.69) is 35.8 Å². The summed E-state index contributed by atoms with van der Waals surface area (Å²) in [7, 11) is -3.77. The van der Waals surface area contributed by atoms with Gasteiger partial charge in [0.2, 0.25) is 0 Å². The summed E-state index contributed by atoms with van der Waals surface area (Å²) in [6.07, 6.45) is 3.31. The fourth-order valence-electron chi connectivity index (χ4n) is 2.19. The van der Waals surface area contributed by atoms with Gasteiger partial charge in [0.15, 0.2) is 9.99 Å². The lowest BCUT2D eigenvalue weighted by molar-refractivity contribution is 0.596. The molecule has 2 N–H and O–H groups in total. The molecule has 4 rings (SSSR count). The summed E-state index contributed by atoms with van der Waals surface area (Å²) in [5, 5.41) is 9.42. The van der Waals surface area contributed by atoms with Gasteiger partial charge in [0.05, 0.1) is 11.7 Å². The second-order valence-corrected chi connectivity index (χ2v) is 7.76. The van der Waals surface area contributed by atoms with Crippen LogP contribution in [0.1, 0.15) is 0 Å². The Kier molecular flexibility index (Phi) is 4.08. The summed E-state index contributed by atoms with van der Waals surface area (Å²) in [5.41, 5.74) is 1.31. The molecule has 0 unspecified atom stereocenters. The van der Waals surface area contributed by atoms with E-state index in [1.807, 2.05) is 0 Å². The van der Waals surface area contributed by atoms with Crippen LogP contribution < -0.4 is 4.72 Å². The third-order valence-electron chi connectivity index (χ3n) is 3.13. The molecule has 7 nitrogen and oxygen atoms in total. The summed E-state index contributed by atoms with van der Waals surface area (Å²) in [4.78, 5) is 4.80. The molecule has 0 aliphatic heterocycles. The van der Waals surface area contributed by atoms with Crippen molar-refractivity contribution in [3.05, 3.63) is 40.6 Å². The van der Waals surface area contributed by atoms with E-state index in [4.69, 9.17) is 0 Å². The highest BCUT2D eigenvalue weighted by Gasteiger charge is 2.24. The first-order valence-electron chi connectivity index (χ1n) is 6.11. The molecule has 0 aliphatic carbocycles. The topological polar surface area (TPSA) is 92.1 Å². The first kappa shape index (κ1) is 16.2. The lowest BCUT2D eigenvalue weighted by atomic mass is 10.2. The minimum absolute atomic E-state index is 0. The third kappa shape index (κ3) is 2.71. The van der Waals surface area contributed by atoms with Crippen LogP contribution in [-0.4, -0.2) is 28.0 Å². The molecule has 11 heteroatoms. The van der Waals surface area contributed by atoms with Gasteiger partial charge in [-0.05, 0) is 34.1 Å². The molecule has 120 valence electrons. The maximum Gasteiger partial charge on any atom is 0.280 e. The lowest BCUT2D eigenvalue weighted by Gasteiger charge is -2.07. The molecule has 0 saturated carbocycles. The molecular weight excluding hydrogens is 426 g/mol. The van der Waals surface area contributed by atoms with E-state index in [-0.39, 0.29) is 22.0 Å². The molecule has 3 heterocycles. The molecule has 0 saturated heterocycles. The number of sulfonamides is 1. The maximum absolute atomic E-state index is 12.6. The van der Waals surface area contributed by atoms with Crippen LogP contribution in [0.4, 0.5) is 5.69 Å². The van der Waals surface area contributed by atoms with E-state index in [0.717, 1.165) is 10.9 Å². The number of hydrogen-bond donors (Lipinski definition) is 2. The van der Waals surface area contributed by atoms with Crippen molar-refractivity contribution in [2.75, 3.05) is 4.72 Å². The predicted molar refractivity (Wildman–Crippen MR) is 94.9 cm³/mol. The lowest BCUT2D eigenvalue weighted by Crippen LogP contribution is -2.15. The van der Waals surface area contributed by atoms with Crippen molar-refractivity contribution in [2.45, 2.75) is 5.03 Å². The Bertz CT molecular complexity index is 1100. The number of aromatic nitrogens is 4. The van der Waals surface area contributed by atoms with Crippen LogP contribution in [-0.2, 0) is 10.0 Å². The first-order chi connectivity index (χ1) is 10.5.